The molecule has 328 valence electrons. The molecule has 8 rings (SSSR count). The lowest BCUT2D eigenvalue weighted by molar-refractivity contribution is 0.101. The summed E-state index contributed by atoms with van der Waals surface area (Å²) in [5.74, 6) is 0.429. The van der Waals surface area contributed by atoms with E-state index in [0.717, 1.165) is 65.9 Å². The zero-order valence-electron chi connectivity index (χ0n) is 37.3. The summed E-state index contributed by atoms with van der Waals surface area (Å²) in [5, 5.41) is 6.19. The molecule has 2 aliphatic heterocycles. The van der Waals surface area contributed by atoms with Crippen molar-refractivity contribution in [1.82, 2.24) is 34.6 Å². The molecule has 4 aromatic rings. The van der Waals surface area contributed by atoms with E-state index in [-0.39, 0.29) is 35.7 Å². The number of imidazole rings is 1. The minimum Gasteiger partial charge on any atom is -0.357 e. The SMILES string of the molecule is Cc1c[nH]c(C(=O)Nc2ccc(C3CN(C)C(=O)N(C)C3)cc2C2=CCCCCC2)c1.Cc1cnc(C(=O)Nc2ccc(C3CN(C)C(=O)N(C)C3)cc2C2=CCCCCC2)[nH]1. The van der Waals surface area contributed by atoms with E-state index >= 15 is 0 Å². The van der Waals surface area contributed by atoms with Gasteiger partial charge in [-0.05, 0) is 123 Å². The van der Waals surface area contributed by atoms with Crippen molar-refractivity contribution in [2.24, 2.45) is 0 Å². The summed E-state index contributed by atoms with van der Waals surface area (Å²) in [7, 11) is 7.40. The van der Waals surface area contributed by atoms with Crippen molar-refractivity contribution in [1.29, 1.82) is 0 Å². The quantitative estimate of drug-likeness (QED) is 0.140. The highest BCUT2D eigenvalue weighted by Crippen LogP contribution is 2.37. The average Bonchev–Trinajstić information content (AvgIpc) is 3.67. The first-order chi connectivity index (χ1) is 29.8. The summed E-state index contributed by atoms with van der Waals surface area (Å²) in [5.41, 5.74) is 11.3. The molecule has 2 aromatic heterocycles. The molecule has 0 atom stereocenters. The van der Waals surface area contributed by atoms with E-state index in [1.807, 2.05) is 66.4 Å². The van der Waals surface area contributed by atoms with Gasteiger partial charge in [0.25, 0.3) is 11.8 Å². The fourth-order valence-electron chi connectivity index (χ4n) is 9.19. The van der Waals surface area contributed by atoms with E-state index in [1.165, 1.54) is 54.4 Å². The Morgan fingerprint density at radius 2 is 1.13 bits per heavy atom. The van der Waals surface area contributed by atoms with Crippen LogP contribution in [0, 0.1) is 13.8 Å². The number of H-pyrrole nitrogens is 2. The van der Waals surface area contributed by atoms with Gasteiger partial charge in [-0.3, -0.25) is 9.59 Å². The van der Waals surface area contributed by atoms with E-state index in [4.69, 9.17) is 0 Å². The number of likely N-dealkylation sites (N-methyl/N-ethyl adjacent to an activating group) is 4. The number of hydrogen-bond donors (Lipinski definition) is 4. The van der Waals surface area contributed by atoms with Gasteiger partial charge in [-0.1, -0.05) is 37.1 Å². The summed E-state index contributed by atoms with van der Waals surface area (Å²) in [6.07, 6.45) is 19.5. The first-order valence-electron chi connectivity index (χ1n) is 22.2. The molecular formula is C49H63N9O4. The van der Waals surface area contributed by atoms with Gasteiger partial charge in [0.2, 0.25) is 0 Å². The standard InChI is InChI=1S/C25H32N4O2.C24H31N5O2/c1-17-12-23(26-14-17)24(30)27-22-11-10-19(20-15-28(2)25(31)29(3)16-20)13-21(22)18-8-6-4-5-7-9-18;1-16-13-25-22(26-16)23(30)27-21-11-10-18(19-14-28(2)24(31)29(3)15-19)12-20(21)17-8-6-4-5-7-9-17/h8,10-14,20,26H,4-7,9,15-16H2,1-3H3,(H,27,30);8,10-13,19H,4-7,9,14-15H2,1-3H3,(H,25,26)(H,27,30). The number of nitrogens with zero attached hydrogens (tertiary/aromatic N) is 5. The van der Waals surface area contributed by atoms with Crippen molar-refractivity contribution in [2.45, 2.75) is 89.9 Å². The van der Waals surface area contributed by atoms with Gasteiger partial charge in [-0.15, -0.1) is 0 Å². The molecule has 0 saturated carbocycles. The van der Waals surface area contributed by atoms with E-state index in [0.29, 0.717) is 37.7 Å². The summed E-state index contributed by atoms with van der Waals surface area (Å²) in [6, 6.07) is 14.6. The van der Waals surface area contributed by atoms with Crippen LogP contribution in [-0.4, -0.2) is 113 Å². The molecule has 4 aliphatic rings. The molecule has 0 bridgehead atoms. The zero-order valence-corrected chi connectivity index (χ0v) is 37.3. The fraction of sp³-hybridized carbons (Fsp3) is 0.449. The highest BCUT2D eigenvalue weighted by Gasteiger charge is 2.30. The fourth-order valence-corrected chi connectivity index (χ4v) is 9.19. The van der Waals surface area contributed by atoms with Crippen LogP contribution >= 0.6 is 0 Å². The van der Waals surface area contributed by atoms with Crippen LogP contribution in [0.25, 0.3) is 11.1 Å². The molecule has 2 aliphatic carbocycles. The van der Waals surface area contributed by atoms with Gasteiger partial charge in [0.05, 0.1) is 0 Å². The van der Waals surface area contributed by atoms with Crippen LogP contribution in [0.5, 0.6) is 0 Å². The molecule has 4 heterocycles. The molecule has 0 unspecified atom stereocenters. The number of anilines is 2. The summed E-state index contributed by atoms with van der Waals surface area (Å²) in [4.78, 5) is 67.2. The first-order valence-corrected chi connectivity index (χ1v) is 22.2. The number of nitrogens with one attached hydrogen (secondary N) is 4. The van der Waals surface area contributed by atoms with Crippen LogP contribution in [0.3, 0.4) is 0 Å². The molecule has 2 saturated heterocycles. The van der Waals surface area contributed by atoms with Gasteiger partial charge in [0.1, 0.15) is 5.69 Å². The second kappa shape index (κ2) is 19.7. The van der Waals surface area contributed by atoms with Gasteiger partial charge in [0.15, 0.2) is 5.82 Å². The van der Waals surface area contributed by atoms with Crippen molar-refractivity contribution in [2.75, 3.05) is 65.0 Å². The molecule has 6 amide bonds. The Morgan fingerprint density at radius 3 is 1.56 bits per heavy atom. The molecule has 2 fully saturated rings. The van der Waals surface area contributed by atoms with Crippen LogP contribution in [0.1, 0.15) is 131 Å². The number of carbonyl (C=O) groups is 4. The van der Waals surface area contributed by atoms with Crippen molar-refractivity contribution in [3.63, 3.8) is 0 Å². The van der Waals surface area contributed by atoms with Gasteiger partial charge >= 0.3 is 12.1 Å². The highest BCUT2D eigenvalue weighted by atomic mass is 16.2. The Balaban J connectivity index is 0.000000186. The van der Waals surface area contributed by atoms with E-state index in [2.05, 4.69) is 62.0 Å². The predicted molar refractivity (Wildman–Crippen MR) is 247 cm³/mol. The van der Waals surface area contributed by atoms with Crippen molar-refractivity contribution in [3.8, 4) is 0 Å². The van der Waals surface area contributed by atoms with Crippen molar-refractivity contribution < 1.29 is 19.2 Å². The Bertz CT molecular complexity index is 2150. The molecule has 0 radical (unpaired) electrons. The third kappa shape index (κ3) is 10.5. The highest BCUT2D eigenvalue weighted by molar-refractivity contribution is 6.05. The molecule has 13 heteroatoms. The Morgan fingerprint density at radius 1 is 0.645 bits per heavy atom. The maximum absolute atomic E-state index is 12.8. The minimum atomic E-state index is -0.237. The number of aromatic nitrogens is 3. The van der Waals surface area contributed by atoms with E-state index in [9.17, 15) is 19.2 Å². The minimum absolute atomic E-state index is 0.0561. The smallest absolute Gasteiger partial charge is 0.319 e. The topological polar surface area (TPSA) is 150 Å². The predicted octanol–water partition coefficient (Wildman–Crippen LogP) is 9.40. The van der Waals surface area contributed by atoms with Crippen LogP contribution in [0.4, 0.5) is 21.0 Å². The van der Waals surface area contributed by atoms with Crippen LogP contribution in [-0.2, 0) is 0 Å². The number of carbonyl (C=O) groups excluding carboxylic acids is 4. The Kier molecular flexibility index (Phi) is 14.0. The molecule has 4 N–H and O–H groups in total. The lowest BCUT2D eigenvalue weighted by atomic mass is 9.90. The molecule has 62 heavy (non-hydrogen) atoms. The second-order valence-corrected chi connectivity index (χ2v) is 17.7. The Labute approximate surface area is 366 Å². The summed E-state index contributed by atoms with van der Waals surface area (Å²) >= 11 is 0. The Hall–Kier alpha value is -6.11. The van der Waals surface area contributed by atoms with Crippen LogP contribution in [0.15, 0.2) is 67.0 Å². The van der Waals surface area contributed by atoms with Gasteiger partial charge in [-0.2, -0.15) is 0 Å². The maximum Gasteiger partial charge on any atom is 0.319 e. The number of urea groups is 2. The molecular weight excluding hydrogens is 779 g/mol. The van der Waals surface area contributed by atoms with E-state index in [1.54, 1.807) is 25.8 Å². The molecule has 13 nitrogen and oxygen atoms in total. The van der Waals surface area contributed by atoms with Crippen LogP contribution in [0.2, 0.25) is 0 Å². The van der Waals surface area contributed by atoms with Gasteiger partial charge < -0.3 is 40.2 Å². The molecule has 0 spiro atoms. The summed E-state index contributed by atoms with van der Waals surface area (Å²) in [6.45, 7) is 6.64. The third-order valence-corrected chi connectivity index (χ3v) is 12.6. The lowest BCUT2D eigenvalue weighted by Gasteiger charge is -2.36. The number of aromatic amines is 2. The average molecular weight is 842 g/mol. The third-order valence-electron chi connectivity index (χ3n) is 12.6. The first kappa shape index (κ1) is 44.0. The zero-order chi connectivity index (χ0) is 43.9. The van der Waals surface area contributed by atoms with Gasteiger partial charge in [0, 0.05) is 107 Å². The normalized spacial score (nSPS) is 18.0. The number of aryl methyl sites for hydroxylation is 2. The monoisotopic (exact) mass is 842 g/mol. The van der Waals surface area contributed by atoms with Crippen molar-refractivity contribution in [3.05, 3.63) is 112 Å². The summed E-state index contributed by atoms with van der Waals surface area (Å²) < 4.78 is 0. The number of allylic oxidation sites excluding steroid dienone is 4. The lowest BCUT2D eigenvalue weighted by Crippen LogP contribution is -2.48. The van der Waals surface area contributed by atoms with Crippen LogP contribution < -0.4 is 10.6 Å². The number of hydrogen-bond acceptors (Lipinski definition) is 5. The van der Waals surface area contributed by atoms with Crippen molar-refractivity contribution >= 4 is 46.4 Å². The largest absolute Gasteiger partial charge is 0.357 e. The number of rotatable bonds is 8. The number of benzene rings is 2. The maximum atomic E-state index is 12.8. The number of amides is 6. The van der Waals surface area contributed by atoms with E-state index < -0.39 is 0 Å². The second-order valence-electron chi connectivity index (χ2n) is 17.7. The molecule has 2 aromatic carbocycles. The van der Waals surface area contributed by atoms with Gasteiger partial charge in [-0.25, -0.2) is 14.6 Å².